The number of fused-ring (bicyclic) bond motifs is 3. The Hall–Kier alpha value is -2.75. The molecule has 0 unspecified atom stereocenters. The summed E-state index contributed by atoms with van der Waals surface area (Å²) in [5, 5.41) is 10.5. The van der Waals surface area contributed by atoms with Gasteiger partial charge in [-0.25, -0.2) is 17.8 Å². The lowest BCUT2D eigenvalue weighted by molar-refractivity contribution is 0.383. The lowest BCUT2D eigenvalue weighted by Gasteiger charge is -2.34. The van der Waals surface area contributed by atoms with E-state index in [1.165, 1.54) is 0 Å². The highest BCUT2D eigenvalue weighted by Gasteiger charge is 2.28. The molecular formula is C22H23ClN6O2S. The van der Waals surface area contributed by atoms with Gasteiger partial charge in [-0.1, -0.05) is 35.9 Å². The summed E-state index contributed by atoms with van der Waals surface area (Å²) in [6.07, 6.45) is 0. The SMILES string of the molecule is CCS(=O)(=O)N1CCN(c2nc3cc(Cl)ccc3c3nnc(-c4ccccc4C)n23)CC1. The van der Waals surface area contributed by atoms with Crippen molar-refractivity contribution in [2.75, 3.05) is 36.8 Å². The van der Waals surface area contributed by atoms with E-state index in [4.69, 9.17) is 16.6 Å². The molecule has 32 heavy (non-hydrogen) atoms. The van der Waals surface area contributed by atoms with Crippen molar-refractivity contribution in [3.63, 3.8) is 0 Å². The van der Waals surface area contributed by atoms with Crippen LogP contribution in [0.1, 0.15) is 12.5 Å². The molecule has 1 saturated heterocycles. The number of sulfonamides is 1. The molecule has 0 saturated carbocycles. The lowest BCUT2D eigenvalue weighted by atomic mass is 10.1. The maximum Gasteiger partial charge on any atom is 0.213 e. The van der Waals surface area contributed by atoms with Gasteiger partial charge in [0.1, 0.15) is 0 Å². The number of nitrogens with zero attached hydrogens (tertiary/aromatic N) is 6. The van der Waals surface area contributed by atoms with Crippen LogP contribution in [0.2, 0.25) is 5.02 Å². The molecule has 0 radical (unpaired) electrons. The largest absolute Gasteiger partial charge is 0.339 e. The molecule has 0 bridgehead atoms. The number of hydrogen-bond donors (Lipinski definition) is 0. The number of piperazine rings is 1. The van der Waals surface area contributed by atoms with Crippen LogP contribution in [0.4, 0.5) is 5.95 Å². The van der Waals surface area contributed by atoms with E-state index in [0.717, 1.165) is 22.0 Å². The van der Waals surface area contributed by atoms with Gasteiger partial charge in [0.2, 0.25) is 16.0 Å². The van der Waals surface area contributed by atoms with Gasteiger partial charge in [0, 0.05) is 42.2 Å². The van der Waals surface area contributed by atoms with Gasteiger partial charge in [0.15, 0.2) is 11.5 Å². The Balaban J connectivity index is 1.68. The van der Waals surface area contributed by atoms with Crippen molar-refractivity contribution in [1.82, 2.24) is 23.9 Å². The Kier molecular flexibility index (Phi) is 5.27. The Morgan fingerprint density at radius 3 is 2.50 bits per heavy atom. The summed E-state index contributed by atoms with van der Waals surface area (Å²) in [4.78, 5) is 7.04. The number of hydrogen-bond acceptors (Lipinski definition) is 6. The van der Waals surface area contributed by atoms with Gasteiger partial charge in [-0.2, -0.15) is 4.31 Å². The Morgan fingerprint density at radius 2 is 1.78 bits per heavy atom. The first-order valence-corrected chi connectivity index (χ1v) is 12.5. The zero-order valence-electron chi connectivity index (χ0n) is 17.9. The molecule has 1 aliphatic rings. The molecule has 0 aliphatic carbocycles. The summed E-state index contributed by atoms with van der Waals surface area (Å²) in [6, 6.07) is 13.6. The summed E-state index contributed by atoms with van der Waals surface area (Å²) in [5.74, 6) is 1.50. The molecule has 2 aromatic carbocycles. The topological polar surface area (TPSA) is 83.7 Å². The van der Waals surface area contributed by atoms with Crippen molar-refractivity contribution >= 4 is 44.1 Å². The van der Waals surface area contributed by atoms with Crippen LogP contribution in [0.5, 0.6) is 0 Å². The van der Waals surface area contributed by atoms with Gasteiger partial charge in [-0.3, -0.25) is 0 Å². The molecule has 3 heterocycles. The fourth-order valence-corrected chi connectivity index (χ4v) is 5.40. The first kappa shape index (κ1) is 21.1. The summed E-state index contributed by atoms with van der Waals surface area (Å²) in [6.45, 7) is 5.59. The standard InChI is InChI=1S/C22H23ClN6O2S/c1-3-32(30,31)28-12-10-27(11-13-28)22-24-19-14-16(23)8-9-18(19)21-26-25-20(29(21)22)17-7-5-4-6-15(17)2/h4-9,14H,3,10-13H2,1-2H3. The fourth-order valence-electron chi connectivity index (χ4n) is 4.15. The third-order valence-electron chi connectivity index (χ3n) is 5.95. The van der Waals surface area contributed by atoms with Gasteiger partial charge < -0.3 is 4.90 Å². The van der Waals surface area contributed by atoms with Crippen LogP contribution in [0.3, 0.4) is 0 Å². The first-order chi connectivity index (χ1) is 15.4. The van der Waals surface area contributed by atoms with Crippen molar-refractivity contribution in [1.29, 1.82) is 0 Å². The fraction of sp³-hybridized carbons (Fsp3) is 0.318. The maximum absolute atomic E-state index is 12.3. The van der Waals surface area contributed by atoms with Gasteiger partial charge in [0.05, 0.1) is 11.3 Å². The third-order valence-corrected chi connectivity index (χ3v) is 8.07. The van der Waals surface area contributed by atoms with E-state index in [2.05, 4.69) is 15.1 Å². The Labute approximate surface area is 191 Å². The van der Waals surface area contributed by atoms with Crippen molar-refractivity contribution in [2.24, 2.45) is 0 Å². The molecule has 5 rings (SSSR count). The van der Waals surface area contributed by atoms with Crippen LogP contribution in [0.15, 0.2) is 42.5 Å². The van der Waals surface area contributed by atoms with Crippen molar-refractivity contribution in [3.8, 4) is 11.4 Å². The van der Waals surface area contributed by atoms with Crippen LogP contribution in [-0.4, -0.2) is 64.2 Å². The van der Waals surface area contributed by atoms with E-state index < -0.39 is 10.0 Å². The average molecular weight is 471 g/mol. The monoisotopic (exact) mass is 470 g/mol. The minimum atomic E-state index is -3.22. The summed E-state index contributed by atoms with van der Waals surface area (Å²) in [7, 11) is -3.22. The highest BCUT2D eigenvalue weighted by Crippen LogP contribution is 2.31. The Bertz CT molecular complexity index is 1430. The minimum absolute atomic E-state index is 0.104. The molecule has 166 valence electrons. The number of benzene rings is 2. The average Bonchev–Trinajstić information content (AvgIpc) is 3.24. The zero-order chi connectivity index (χ0) is 22.5. The maximum atomic E-state index is 12.3. The van der Waals surface area contributed by atoms with E-state index in [1.807, 2.05) is 53.8 Å². The smallest absolute Gasteiger partial charge is 0.213 e. The van der Waals surface area contributed by atoms with Gasteiger partial charge in [-0.15, -0.1) is 10.2 Å². The zero-order valence-corrected chi connectivity index (χ0v) is 19.4. The molecule has 10 heteroatoms. The van der Waals surface area contributed by atoms with E-state index in [1.54, 1.807) is 11.2 Å². The van der Waals surface area contributed by atoms with E-state index in [0.29, 0.717) is 48.6 Å². The van der Waals surface area contributed by atoms with Crippen LogP contribution in [0, 0.1) is 6.92 Å². The number of anilines is 1. The van der Waals surface area contributed by atoms with Crippen LogP contribution < -0.4 is 4.90 Å². The third kappa shape index (κ3) is 3.50. The van der Waals surface area contributed by atoms with Crippen LogP contribution in [0.25, 0.3) is 27.9 Å². The van der Waals surface area contributed by atoms with Gasteiger partial charge in [0.25, 0.3) is 0 Å². The summed E-state index contributed by atoms with van der Waals surface area (Å²) in [5.41, 5.74) is 3.49. The van der Waals surface area contributed by atoms with Crippen molar-refractivity contribution in [3.05, 3.63) is 53.1 Å². The number of aryl methyl sites for hydroxylation is 1. The molecule has 1 aliphatic heterocycles. The quantitative estimate of drug-likeness (QED) is 0.454. The van der Waals surface area contributed by atoms with Crippen molar-refractivity contribution < 1.29 is 8.42 Å². The number of rotatable bonds is 4. The number of halogens is 1. The van der Waals surface area contributed by atoms with Crippen LogP contribution in [-0.2, 0) is 10.0 Å². The molecule has 2 aromatic heterocycles. The predicted octanol–water partition coefficient (Wildman–Crippen LogP) is 3.38. The molecule has 0 spiro atoms. The molecule has 0 amide bonds. The predicted molar refractivity (Wildman–Crippen MR) is 127 cm³/mol. The van der Waals surface area contributed by atoms with Crippen LogP contribution >= 0.6 is 11.6 Å². The second-order valence-corrected chi connectivity index (χ2v) is 10.6. The van der Waals surface area contributed by atoms with Gasteiger partial charge in [-0.05, 0) is 37.6 Å². The molecule has 0 atom stereocenters. The lowest BCUT2D eigenvalue weighted by Crippen LogP contribution is -2.49. The van der Waals surface area contributed by atoms with E-state index >= 15 is 0 Å². The Morgan fingerprint density at radius 1 is 1.03 bits per heavy atom. The molecule has 4 aromatic rings. The molecule has 8 nitrogen and oxygen atoms in total. The molecule has 1 fully saturated rings. The summed E-state index contributed by atoms with van der Waals surface area (Å²) < 4.78 is 28.1. The normalized spacial score (nSPS) is 15.7. The van der Waals surface area contributed by atoms with Crippen molar-refractivity contribution in [2.45, 2.75) is 13.8 Å². The number of aromatic nitrogens is 4. The summed E-state index contributed by atoms with van der Waals surface area (Å²) >= 11 is 6.25. The highest BCUT2D eigenvalue weighted by molar-refractivity contribution is 7.89. The highest BCUT2D eigenvalue weighted by atomic mass is 35.5. The second kappa shape index (κ2) is 7.99. The molecular weight excluding hydrogens is 448 g/mol. The first-order valence-electron chi connectivity index (χ1n) is 10.5. The molecule has 0 N–H and O–H groups in total. The second-order valence-electron chi connectivity index (χ2n) is 7.86. The van der Waals surface area contributed by atoms with E-state index in [9.17, 15) is 8.42 Å². The van der Waals surface area contributed by atoms with Gasteiger partial charge >= 0.3 is 0 Å². The van der Waals surface area contributed by atoms with E-state index in [-0.39, 0.29) is 5.75 Å². The minimum Gasteiger partial charge on any atom is -0.339 e.